The fourth-order valence-electron chi connectivity index (χ4n) is 3.84. The normalized spacial score (nSPS) is 11.6. The van der Waals surface area contributed by atoms with E-state index in [-0.39, 0.29) is 23.0 Å². The first-order valence-corrected chi connectivity index (χ1v) is 12.3. The molecule has 7 nitrogen and oxygen atoms in total. The Kier molecular flexibility index (Phi) is 8.59. The van der Waals surface area contributed by atoms with Crippen molar-refractivity contribution in [3.05, 3.63) is 99.9 Å². The summed E-state index contributed by atoms with van der Waals surface area (Å²) < 4.78 is 16.2. The minimum atomic E-state index is -0.947. The summed E-state index contributed by atoms with van der Waals surface area (Å²) in [5.41, 5.74) is 1.97. The smallest absolute Gasteiger partial charge is 0.408 e. The Labute approximate surface area is 219 Å². The number of nitrogens with one attached hydrogen (secondary N) is 1. The van der Waals surface area contributed by atoms with Gasteiger partial charge in [-0.3, -0.25) is 0 Å². The number of hydrogen-bond acceptors (Lipinski definition) is 6. The molecule has 37 heavy (non-hydrogen) atoms. The van der Waals surface area contributed by atoms with E-state index in [2.05, 4.69) is 5.32 Å². The van der Waals surface area contributed by atoms with Crippen LogP contribution in [-0.4, -0.2) is 18.1 Å². The number of fused-ring (bicyclic) bond motifs is 1. The highest BCUT2D eigenvalue weighted by Crippen LogP contribution is 2.35. The van der Waals surface area contributed by atoms with E-state index in [1.807, 2.05) is 67.6 Å². The monoisotopic (exact) mass is 519 g/mol. The largest absolute Gasteiger partial charge is 0.445 e. The summed E-state index contributed by atoms with van der Waals surface area (Å²) in [7, 11) is 0. The van der Waals surface area contributed by atoms with E-state index in [1.54, 1.807) is 6.07 Å². The van der Waals surface area contributed by atoms with E-state index in [1.165, 1.54) is 12.1 Å². The highest BCUT2D eigenvalue weighted by Gasteiger charge is 2.25. The second-order valence-electron chi connectivity index (χ2n) is 8.45. The van der Waals surface area contributed by atoms with Crippen LogP contribution >= 0.6 is 11.6 Å². The second-order valence-corrected chi connectivity index (χ2v) is 8.85. The van der Waals surface area contributed by atoms with Crippen molar-refractivity contribution in [2.75, 3.05) is 0 Å². The Bertz CT molecular complexity index is 1440. The Morgan fingerprint density at radius 3 is 2.41 bits per heavy atom. The van der Waals surface area contributed by atoms with Gasteiger partial charge in [0.1, 0.15) is 18.2 Å². The van der Waals surface area contributed by atoms with Gasteiger partial charge in [-0.1, -0.05) is 92.0 Å². The van der Waals surface area contributed by atoms with Crippen LogP contribution in [-0.2, 0) is 16.1 Å². The van der Waals surface area contributed by atoms with Crippen LogP contribution in [0.1, 0.15) is 31.7 Å². The van der Waals surface area contributed by atoms with E-state index >= 15 is 0 Å². The summed E-state index contributed by atoms with van der Waals surface area (Å²) in [5, 5.41) is 3.34. The number of carbonyl (C=O) groups is 2. The molecule has 0 aliphatic carbocycles. The molecule has 3 aromatic carbocycles. The number of alkyl carbamates (subject to hydrolysis) is 1. The van der Waals surface area contributed by atoms with Crippen LogP contribution in [0.15, 0.2) is 88.1 Å². The number of unbranched alkanes of at least 4 members (excludes halogenated alkanes) is 1. The topological polar surface area (TPSA) is 94.8 Å². The first-order valence-electron chi connectivity index (χ1n) is 12.0. The molecule has 1 heterocycles. The number of esters is 1. The molecule has 0 bridgehead atoms. The van der Waals surface area contributed by atoms with E-state index in [9.17, 15) is 14.4 Å². The molecule has 8 heteroatoms. The predicted octanol–water partition coefficient (Wildman–Crippen LogP) is 6.50. The summed E-state index contributed by atoms with van der Waals surface area (Å²) in [6, 6.07) is 22.0. The van der Waals surface area contributed by atoms with Crippen LogP contribution in [0.3, 0.4) is 0 Å². The summed E-state index contributed by atoms with van der Waals surface area (Å²) >= 11 is 6.47. The van der Waals surface area contributed by atoms with Crippen molar-refractivity contribution in [3.8, 4) is 16.9 Å². The molecule has 0 spiro atoms. The lowest BCUT2D eigenvalue weighted by Crippen LogP contribution is -2.43. The third kappa shape index (κ3) is 6.77. The zero-order chi connectivity index (χ0) is 26.2. The Hall–Kier alpha value is -4.10. The minimum Gasteiger partial charge on any atom is -0.445 e. The predicted molar refractivity (Wildman–Crippen MR) is 142 cm³/mol. The van der Waals surface area contributed by atoms with Gasteiger partial charge in [0.15, 0.2) is 5.75 Å². The van der Waals surface area contributed by atoms with Crippen molar-refractivity contribution in [3.63, 3.8) is 0 Å². The van der Waals surface area contributed by atoms with Gasteiger partial charge in [-0.05, 0) is 29.2 Å². The third-order valence-corrected chi connectivity index (χ3v) is 6.02. The van der Waals surface area contributed by atoms with E-state index in [4.69, 9.17) is 25.5 Å². The highest BCUT2D eigenvalue weighted by atomic mass is 35.5. The standard InChI is InChI=1S/C29H26ClNO6/c1-2-3-14-24(31-29(34)35-18-19-10-6-4-7-11-19)28(33)37-26-17-25-22(15-23(26)30)21(16-27(32)36-25)20-12-8-5-9-13-20/h4-13,15-17,24H,2-3,14,18H2,1H3,(H,31,34)/t24-/m1/s1. The molecule has 0 saturated carbocycles. The van der Waals surface area contributed by atoms with Gasteiger partial charge in [0.25, 0.3) is 0 Å². The molecule has 190 valence electrons. The SMILES string of the molecule is CCCC[C@@H](NC(=O)OCc1ccccc1)C(=O)Oc1cc2oc(=O)cc(-c3ccccc3)c2cc1Cl. The van der Waals surface area contributed by atoms with Crippen molar-refractivity contribution in [2.24, 2.45) is 0 Å². The Morgan fingerprint density at radius 2 is 1.70 bits per heavy atom. The van der Waals surface area contributed by atoms with E-state index < -0.39 is 23.7 Å². The van der Waals surface area contributed by atoms with Gasteiger partial charge in [-0.2, -0.15) is 0 Å². The van der Waals surface area contributed by atoms with Gasteiger partial charge in [0, 0.05) is 17.5 Å². The Morgan fingerprint density at radius 1 is 1.00 bits per heavy atom. The summed E-state index contributed by atoms with van der Waals surface area (Å²) in [4.78, 5) is 37.6. The quantitative estimate of drug-likeness (QED) is 0.154. The first-order chi connectivity index (χ1) is 17.9. The van der Waals surface area contributed by atoms with Crippen LogP contribution < -0.4 is 15.7 Å². The lowest BCUT2D eigenvalue weighted by molar-refractivity contribution is -0.136. The van der Waals surface area contributed by atoms with Gasteiger partial charge in [0.2, 0.25) is 0 Å². The van der Waals surface area contributed by atoms with Crippen molar-refractivity contribution < 1.29 is 23.5 Å². The molecule has 4 aromatic rings. The van der Waals surface area contributed by atoms with Crippen LogP contribution in [0.5, 0.6) is 5.75 Å². The molecule has 4 rings (SSSR count). The molecular weight excluding hydrogens is 494 g/mol. The maximum absolute atomic E-state index is 13.0. The highest BCUT2D eigenvalue weighted by molar-refractivity contribution is 6.33. The maximum atomic E-state index is 13.0. The molecule has 0 fully saturated rings. The summed E-state index contributed by atoms with van der Waals surface area (Å²) in [5.74, 6) is -0.679. The van der Waals surface area contributed by atoms with Gasteiger partial charge >= 0.3 is 17.7 Å². The molecule has 1 N–H and O–H groups in total. The van der Waals surface area contributed by atoms with Crippen LogP contribution in [0.4, 0.5) is 4.79 Å². The molecule has 0 radical (unpaired) electrons. The van der Waals surface area contributed by atoms with Crippen molar-refractivity contribution in [1.82, 2.24) is 5.32 Å². The second kappa shape index (κ2) is 12.2. The maximum Gasteiger partial charge on any atom is 0.408 e. The molecule has 1 aromatic heterocycles. The average molecular weight is 520 g/mol. The lowest BCUT2D eigenvalue weighted by Gasteiger charge is -2.18. The van der Waals surface area contributed by atoms with Crippen LogP contribution in [0, 0.1) is 0 Å². The van der Waals surface area contributed by atoms with Gasteiger partial charge in [-0.25, -0.2) is 14.4 Å². The summed E-state index contributed by atoms with van der Waals surface area (Å²) in [6.45, 7) is 2.05. The number of hydrogen-bond donors (Lipinski definition) is 1. The van der Waals surface area contributed by atoms with Crippen LogP contribution in [0.2, 0.25) is 5.02 Å². The number of carbonyl (C=O) groups excluding carboxylic acids is 2. The first kappa shape index (κ1) is 26.0. The molecule has 1 atom stereocenters. The van der Waals surface area contributed by atoms with Crippen molar-refractivity contribution in [2.45, 2.75) is 38.8 Å². The van der Waals surface area contributed by atoms with Crippen LogP contribution in [0.25, 0.3) is 22.1 Å². The molecular formula is C29H26ClNO6. The number of ether oxygens (including phenoxy) is 2. The third-order valence-electron chi connectivity index (χ3n) is 5.73. The van der Waals surface area contributed by atoms with E-state index in [0.29, 0.717) is 23.8 Å². The molecule has 0 aliphatic heterocycles. The van der Waals surface area contributed by atoms with Gasteiger partial charge in [0.05, 0.1) is 5.02 Å². The van der Waals surface area contributed by atoms with Crippen molar-refractivity contribution in [1.29, 1.82) is 0 Å². The minimum absolute atomic E-state index is 0.0217. The molecule has 0 aliphatic rings. The number of halogens is 1. The molecule has 0 unspecified atom stereocenters. The van der Waals surface area contributed by atoms with E-state index in [0.717, 1.165) is 17.5 Å². The zero-order valence-electron chi connectivity index (χ0n) is 20.2. The zero-order valence-corrected chi connectivity index (χ0v) is 21.0. The average Bonchev–Trinajstić information content (AvgIpc) is 2.91. The fourth-order valence-corrected chi connectivity index (χ4v) is 4.04. The van der Waals surface area contributed by atoms with Crippen molar-refractivity contribution >= 4 is 34.6 Å². The lowest BCUT2D eigenvalue weighted by atomic mass is 10.0. The van der Waals surface area contributed by atoms with Gasteiger partial charge < -0.3 is 19.2 Å². The molecule has 1 amide bonds. The Balaban J connectivity index is 1.53. The number of benzene rings is 3. The van der Waals surface area contributed by atoms with Gasteiger partial charge in [-0.15, -0.1) is 0 Å². The fraction of sp³-hybridized carbons (Fsp3) is 0.207. The summed E-state index contributed by atoms with van der Waals surface area (Å²) in [6.07, 6.45) is 1.12. The number of rotatable bonds is 9. The molecule has 0 saturated heterocycles. The number of amides is 1.